The van der Waals surface area contributed by atoms with Gasteiger partial charge in [0, 0.05) is 11.6 Å². The first-order chi connectivity index (χ1) is 15.3. The zero-order valence-corrected chi connectivity index (χ0v) is 18.0. The number of fused-ring (bicyclic) bond motifs is 2. The lowest BCUT2D eigenvalue weighted by molar-refractivity contribution is -0.147. The smallest absolute Gasteiger partial charge is 0.323 e. The van der Waals surface area contributed by atoms with Gasteiger partial charge < -0.3 is 24.8 Å². The van der Waals surface area contributed by atoms with Gasteiger partial charge in [-0.1, -0.05) is 38.1 Å². The third-order valence-electron chi connectivity index (χ3n) is 5.91. The summed E-state index contributed by atoms with van der Waals surface area (Å²) in [4.78, 5) is 39.4. The third kappa shape index (κ3) is 4.39. The molecule has 0 aromatic heterocycles. The van der Waals surface area contributed by atoms with Crippen LogP contribution >= 0.6 is 0 Å². The molecule has 2 aromatic rings. The van der Waals surface area contributed by atoms with Gasteiger partial charge >= 0.3 is 5.97 Å². The van der Waals surface area contributed by atoms with Gasteiger partial charge in [-0.25, -0.2) is 0 Å². The molecule has 0 saturated heterocycles. The molecule has 1 aliphatic heterocycles. The van der Waals surface area contributed by atoms with Crippen molar-refractivity contribution in [3.8, 4) is 11.5 Å². The molecule has 2 N–H and O–H groups in total. The Bertz CT molecular complexity index is 1030. The summed E-state index contributed by atoms with van der Waals surface area (Å²) >= 11 is 0. The minimum atomic E-state index is -1.08. The Morgan fingerprint density at radius 1 is 1.06 bits per heavy atom. The van der Waals surface area contributed by atoms with Crippen molar-refractivity contribution in [1.82, 2.24) is 10.2 Å². The fourth-order valence-corrected chi connectivity index (χ4v) is 4.24. The van der Waals surface area contributed by atoms with E-state index in [0.717, 1.165) is 11.1 Å². The lowest BCUT2D eigenvalue weighted by Gasteiger charge is -2.33. The molecule has 168 valence electrons. The van der Waals surface area contributed by atoms with Crippen LogP contribution in [0.5, 0.6) is 11.5 Å². The van der Waals surface area contributed by atoms with Crippen molar-refractivity contribution in [3.63, 3.8) is 0 Å². The summed E-state index contributed by atoms with van der Waals surface area (Å²) in [5.41, 5.74) is 2.57. The van der Waals surface area contributed by atoms with Crippen molar-refractivity contribution in [2.24, 2.45) is 5.92 Å². The van der Waals surface area contributed by atoms with Gasteiger partial charge in [0.25, 0.3) is 5.91 Å². The van der Waals surface area contributed by atoms with Crippen LogP contribution in [0.2, 0.25) is 0 Å². The zero-order chi connectivity index (χ0) is 22.8. The Morgan fingerprint density at radius 2 is 1.72 bits per heavy atom. The molecule has 4 rings (SSSR count). The first kappa shape index (κ1) is 21.7. The fraction of sp³-hybridized carbons (Fsp3) is 0.375. The van der Waals surface area contributed by atoms with Gasteiger partial charge in [0.15, 0.2) is 11.5 Å². The van der Waals surface area contributed by atoms with Crippen LogP contribution in [0.15, 0.2) is 42.5 Å². The van der Waals surface area contributed by atoms with E-state index in [0.29, 0.717) is 29.9 Å². The summed E-state index contributed by atoms with van der Waals surface area (Å²) < 4.78 is 10.6. The normalized spacial score (nSPS) is 15.3. The molecule has 0 bridgehead atoms. The van der Waals surface area contributed by atoms with Crippen LogP contribution in [-0.2, 0) is 22.4 Å². The van der Waals surface area contributed by atoms with E-state index in [1.165, 1.54) is 4.90 Å². The molecule has 8 heteroatoms. The maximum atomic E-state index is 13.5. The number of carboxylic acids is 1. The molecule has 32 heavy (non-hydrogen) atoms. The SMILES string of the molecule is CC(C)C(NC(=O)c1ccc2c(c1)OCO2)C(=O)N(CC(=O)O)C1Cc2ccccc2C1. The summed E-state index contributed by atoms with van der Waals surface area (Å²) in [6.07, 6.45) is 1.19. The summed E-state index contributed by atoms with van der Waals surface area (Å²) in [6.45, 7) is 3.33. The van der Waals surface area contributed by atoms with Gasteiger partial charge in [0.1, 0.15) is 12.6 Å². The van der Waals surface area contributed by atoms with Gasteiger partial charge in [-0.3, -0.25) is 14.4 Å². The molecule has 2 amide bonds. The Kier molecular flexibility index (Phi) is 6.03. The van der Waals surface area contributed by atoms with Crippen LogP contribution in [0.4, 0.5) is 0 Å². The summed E-state index contributed by atoms with van der Waals surface area (Å²) in [6, 6.07) is 11.6. The van der Waals surface area contributed by atoms with Crippen LogP contribution < -0.4 is 14.8 Å². The number of amides is 2. The van der Waals surface area contributed by atoms with Crippen LogP contribution in [0, 0.1) is 5.92 Å². The Morgan fingerprint density at radius 3 is 2.34 bits per heavy atom. The molecule has 0 fully saturated rings. The average molecular weight is 438 g/mol. The third-order valence-corrected chi connectivity index (χ3v) is 5.91. The van der Waals surface area contributed by atoms with Crippen molar-refractivity contribution in [1.29, 1.82) is 0 Å². The molecule has 0 spiro atoms. The molecule has 0 saturated carbocycles. The van der Waals surface area contributed by atoms with E-state index in [1.54, 1.807) is 18.2 Å². The van der Waals surface area contributed by atoms with Crippen LogP contribution in [0.25, 0.3) is 0 Å². The minimum Gasteiger partial charge on any atom is -0.480 e. The van der Waals surface area contributed by atoms with Crippen LogP contribution in [0.3, 0.4) is 0 Å². The molecule has 1 aliphatic carbocycles. The van der Waals surface area contributed by atoms with Crippen molar-refractivity contribution in [3.05, 3.63) is 59.2 Å². The summed E-state index contributed by atoms with van der Waals surface area (Å²) in [7, 11) is 0. The second kappa shape index (κ2) is 8.90. The quantitative estimate of drug-likeness (QED) is 0.687. The van der Waals surface area contributed by atoms with Gasteiger partial charge in [-0.2, -0.15) is 0 Å². The van der Waals surface area contributed by atoms with Gasteiger partial charge in [-0.05, 0) is 48.1 Å². The number of carbonyl (C=O) groups is 3. The second-order valence-corrected chi connectivity index (χ2v) is 8.45. The topological polar surface area (TPSA) is 105 Å². The predicted molar refractivity (Wildman–Crippen MR) is 116 cm³/mol. The highest BCUT2D eigenvalue weighted by Gasteiger charge is 2.36. The molecule has 2 aliphatic rings. The van der Waals surface area contributed by atoms with E-state index < -0.39 is 30.4 Å². The maximum absolute atomic E-state index is 13.5. The predicted octanol–water partition coefficient (Wildman–Crippen LogP) is 2.25. The number of nitrogens with zero attached hydrogens (tertiary/aromatic N) is 1. The molecule has 2 aromatic carbocycles. The Balaban J connectivity index is 1.53. The van der Waals surface area contributed by atoms with Gasteiger partial charge in [0.05, 0.1) is 0 Å². The minimum absolute atomic E-state index is 0.0986. The van der Waals surface area contributed by atoms with Gasteiger partial charge in [0.2, 0.25) is 12.7 Å². The Hall–Kier alpha value is -3.55. The van der Waals surface area contributed by atoms with Crippen molar-refractivity contribution < 1.29 is 29.0 Å². The Labute approximate surface area is 186 Å². The number of nitrogens with one attached hydrogen (secondary N) is 1. The number of hydrogen-bond donors (Lipinski definition) is 2. The number of ether oxygens (including phenoxy) is 2. The monoisotopic (exact) mass is 438 g/mol. The van der Waals surface area contributed by atoms with E-state index in [4.69, 9.17) is 9.47 Å². The molecular formula is C24H26N2O6. The molecule has 1 heterocycles. The molecule has 8 nitrogen and oxygen atoms in total. The van der Waals surface area contributed by atoms with E-state index >= 15 is 0 Å². The largest absolute Gasteiger partial charge is 0.480 e. The number of aliphatic carboxylic acids is 1. The number of benzene rings is 2. The van der Waals surface area contributed by atoms with Crippen LogP contribution in [0.1, 0.15) is 35.3 Å². The first-order valence-corrected chi connectivity index (χ1v) is 10.6. The van der Waals surface area contributed by atoms with E-state index in [9.17, 15) is 19.5 Å². The highest BCUT2D eigenvalue weighted by atomic mass is 16.7. The van der Waals surface area contributed by atoms with Crippen molar-refractivity contribution in [2.45, 2.75) is 38.8 Å². The number of carbonyl (C=O) groups excluding carboxylic acids is 2. The maximum Gasteiger partial charge on any atom is 0.323 e. The summed E-state index contributed by atoms with van der Waals surface area (Å²) in [5.74, 6) is -1.11. The first-order valence-electron chi connectivity index (χ1n) is 10.6. The molecule has 0 radical (unpaired) electrons. The lowest BCUT2D eigenvalue weighted by Crippen LogP contribution is -2.55. The zero-order valence-electron chi connectivity index (χ0n) is 18.0. The number of hydrogen-bond acceptors (Lipinski definition) is 5. The average Bonchev–Trinajstić information content (AvgIpc) is 3.40. The second-order valence-electron chi connectivity index (χ2n) is 8.45. The number of rotatable bonds is 7. The molecule has 1 unspecified atom stereocenters. The highest BCUT2D eigenvalue weighted by molar-refractivity contribution is 5.98. The fourth-order valence-electron chi connectivity index (χ4n) is 4.24. The van der Waals surface area contributed by atoms with E-state index in [2.05, 4.69) is 5.32 Å². The van der Waals surface area contributed by atoms with Crippen molar-refractivity contribution >= 4 is 17.8 Å². The molecule has 1 atom stereocenters. The highest BCUT2D eigenvalue weighted by Crippen LogP contribution is 2.32. The lowest BCUT2D eigenvalue weighted by atomic mass is 10.0. The number of carboxylic acid groups (broad SMARTS) is 1. The van der Waals surface area contributed by atoms with E-state index in [-0.39, 0.29) is 18.8 Å². The molecular weight excluding hydrogens is 412 g/mol. The standard InChI is InChI=1S/C24H26N2O6/c1-14(2)22(25-23(29)17-7-8-19-20(11-17)32-13-31-19)24(30)26(12-21(27)28)18-9-15-5-3-4-6-16(15)10-18/h3-8,11,14,18,22H,9-10,12-13H2,1-2H3,(H,25,29)(H,27,28). The van der Waals surface area contributed by atoms with Gasteiger partial charge in [-0.15, -0.1) is 0 Å². The van der Waals surface area contributed by atoms with Crippen LogP contribution in [-0.4, -0.2) is 53.2 Å². The van der Waals surface area contributed by atoms with Crippen molar-refractivity contribution in [2.75, 3.05) is 13.3 Å². The summed E-state index contributed by atoms with van der Waals surface area (Å²) in [5, 5.41) is 12.3. The van der Waals surface area contributed by atoms with E-state index in [1.807, 2.05) is 38.1 Å².